The molecule has 0 saturated carbocycles. The number of carbonyl (C=O) groups is 1. The second-order valence-electron chi connectivity index (χ2n) is 6.86. The summed E-state index contributed by atoms with van der Waals surface area (Å²) in [6.07, 6.45) is 0.0619. The van der Waals surface area contributed by atoms with E-state index in [9.17, 15) is 14.9 Å². The lowest BCUT2D eigenvalue weighted by molar-refractivity contribution is -0.118. The van der Waals surface area contributed by atoms with Crippen LogP contribution in [0.2, 0.25) is 0 Å². The number of H-pyrrole nitrogens is 1. The zero-order valence-electron chi connectivity index (χ0n) is 15.6. The van der Waals surface area contributed by atoms with E-state index in [1.165, 1.54) is 0 Å². The maximum absolute atomic E-state index is 12.6. The second kappa shape index (κ2) is 7.46. The maximum Gasteiger partial charge on any atom is 0.251 e. The molecule has 0 aliphatic rings. The highest BCUT2D eigenvalue weighted by molar-refractivity contribution is 5.95. The van der Waals surface area contributed by atoms with E-state index in [2.05, 4.69) is 10.3 Å². The molecule has 0 spiro atoms. The number of aryl methyl sites for hydroxylation is 3. The number of carbonyl (C=O) groups excluding carboxylic acids is 1. The van der Waals surface area contributed by atoms with Crippen molar-refractivity contribution in [2.75, 3.05) is 5.32 Å². The molecule has 0 bridgehead atoms. The van der Waals surface area contributed by atoms with Crippen molar-refractivity contribution in [1.82, 2.24) is 4.98 Å². The molecule has 3 aromatic rings. The number of nitrogens with one attached hydrogen (secondary N) is 2. The van der Waals surface area contributed by atoms with E-state index in [0.717, 1.165) is 27.6 Å². The molecule has 0 aliphatic carbocycles. The average Bonchev–Trinajstić information content (AvgIpc) is 2.63. The molecule has 1 atom stereocenters. The van der Waals surface area contributed by atoms with Crippen LogP contribution in [0.3, 0.4) is 0 Å². The molecule has 5 heteroatoms. The lowest BCUT2D eigenvalue weighted by Crippen LogP contribution is -2.26. The van der Waals surface area contributed by atoms with Gasteiger partial charge in [0.1, 0.15) is 5.92 Å². The summed E-state index contributed by atoms with van der Waals surface area (Å²) in [6.45, 7) is 5.76. The fourth-order valence-electron chi connectivity index (χ4n) is 3.15. The molecule has 27 heavy (non-hydrogen) atoms. The van der Waals surface area contributed by atoms with E-state index < -0.39 is 11.8 Å². The SMILES string of the molecule is Cc1ccc2cc(C[C@@H](C#N)C(=O)Nc3c(C)cccc3C)c(=O)[nH]c2c1. The number of pyridine rings is 1. The van der Waals surface area contributed by atoms with E-state index in [-0.39, 0.29) is 12.0 Å². The number of nitrogens with zero attached hydrogens (tertiary/aromatic N) is 1. The van der Waals surface area contributed by atoms with Gasteiger partial charge in [0, 0.05) is 23.2 Å². The molecular formula is C22H21N3O2. The Morgan fingerprint density at radius 3 is 2.52 bits per heavy atom. The Kier molecular flexibility index (Phi) is 5.09. The summed E-state index contributed by atoms with van der Waals surface area (Å²) in [6, 6.07) is 15.3. The smallest absolute Gasteiger partial charge is 0.251 e. The molecule has 0 unspecified atom stereocenters. The normalized spacial score (nSPS) is 11.8. The maximum atomic E-state index is 12.6. The summed E-state index contributed by atoms with van der Waals surface area (Å²) < 4.78 is 0. The van der Waals surface area contributed by atoms with Crippen molar-refractivity contribution in [3.05, 3.63) is 75.1 Å². The number of aromatic amines is 1. The number of fused-ring (bicyclic) bond motifs is 1. The quantitative estimate of drug-likeness (QED) is 0.743. The lowest BCUT2D eigenvalue weighted by Gasteiger charge is -2.14. The van der Waals surface area contributed by atoms with Crippen LogP contribution < -0.4 is 10.9 Å². The van der Waals surface area contributed by atoms with Crippen LogP contribution in [-0.2, 0) is 11.2 Å². The fraction of sp³-hybridized carbons (Fsp3) is 0.227. The van der Waals surface area contributed by atoms with Crippen LogP contribution in [0, 0.1) is 38.0 Å². The zero-order chi connectivity index (χ0) is 19.6. The molecule has 0 fully saturated rings. The van der Waals surface area contributed by atoms with Crippen LogP contribution in [0.15, 0.2) is 47.3 Å². The zero-order valence-corrected chi connectivity index (χ0v) is 15.6. The van der Waals surface area contributed by atoms with E-state index in [1.807, 2.05) is 63.2 Å². The van der Waals surface area contributed by atoms with Crippen LogP contribution in [0.25, 0.3) is 10.9 Å². The highest BCUT2D eigenvalue weighted by Gasteiger charge is 2.21. The number of amides is 1. The number of para-hydroxylation sites is 1. The average molecular weight is 359 g/mol. The lowest BCUT2D eigenvalue weighted by atomic mass is 9.98. The van der Waals surface area contributed by atoms with Gasteiger partial charge in [-0.2, -0.15) is 5.26 Å². The van der Waals surface area contributed by atoms with Crippen LogP contribution in [-0.4, -0.2) is 10.9 Å². The van der Waals surface area contributed by atoms with Gasteiger partial charge in [0.05, 0.1) is 6.07 Å². The Hall–Kier alpha value is -3.39. The summed E-state index contributed by atoms with van der Waals surface area (Å²) >= 11 is 0. The van der Waals surface area contributed by atoms with Gasteiger partial charge in [-0.3, -0.25) is 9.59 Å². The van der Waals surface area contributed by atoms with Crippen LogP contribution >= 0.6 is 0 Å². The highest BCUT2D eigenvalue weighted by Crippen LogP contribution is 2.21. The molecule has 136 valence electrons. The van der Waals surface area contributed by atoms with Crippen molar-refractivity contribution < 1.29 is 4.79 Å². The molecule has 1 amide bonds. The summed E-state index contributed by atoms with van der Waals surface area (Å²) in [5.41, 5.74) is 4.53. The van der Waals surface area contributed by atoms with Crippen LogP contribution in [0.4, 0.5) is 5.69 Å². The monoisotopic (exact) mass is 359 g/mol. The van der Waals surface area contributed by atoms with Crippen molar-refractivity contribution >= 4 is 22.5 Å². The molecule has 2 N–H and O–H groups in total. The van der Waals surface area contributed by atoms with Crippen LogP contribution in [0.5, 0.6) is 0 Å². The minimum Gasteiger partial charge on any atom is -0.324 e. The molecular weight excluding hydrogens is 338 g/mol. The molecule has 1 aromatic heterocycles. The van der Waals surface area contributed by atoms with Gasteiger partial charge >= 0.3 is 0 Å². The molecule has 0 radical (unpaired) electrons. The topological polar surface area (TPSA) is 85.8 Å². The number of aromatic nitrogens is 1. The molecule has 1 heterocycles. The standard InChI is InChI=1S/C22H21N3O2/c1-13-7-8-16-10-17(21(26)24-19(16)9-13)11-18(12-23)22(27)25-20-14(2)5-4-6-15(20)3/h4-10,18H,11H2,1-3H3,(H,24,26)(H,25,27)/t18-/m0/s1. The Bertz CT molecular complexity index is 1100. The van der Waals surface area contributed by atoms with Gasteiger partial charge in [-0.05, 0) is 55.0 Å². The van der Waals surface area contributed by atoms with Crippen molar-refractivity contribution in [3.63, 3.8) is 0 Å². The summed E-state index contributed by atoms with van der Waals surface area (Å²) in [4.78, 5) is 27.9. The van der Waals surface area contributed by atoms with Gasteiger partial charge in [-0.25, -0.2) is 0 Å². The summed E-state index contributed by atoms with van der Waals surface area (Å²) in [5, 5.41) is 13.2. The van der Waals surface area contributed by atoms with Gasteiger partial charge in [0.2, 0.25) is 5.91 Å². The van der Waals surface area contributed by atoms with E-state index >= 15 is 0 Å². The predicted octanol–water partition coefficient (Wildman–Crippen LogP) is 3.77. The third-order valence-corrected chi connectivity index (χ3v) is 4.70. The first-order valence-corrected chi connectivity index (χ1v) is 8.78. The largest absolute Gasteiger partial charge is 0.324 e. The van der Waals surface area contributed by atoms with E-state index in [0.29, 0.717) is 11.3 Å². The number of hydrogen-bond donors (Lipinski definition) is 2. The van der Waals surface area contributed by atoms with Crippen molar-refractivity contribution in [2.45, 2.75) is 27.2 Å². The highest BCUT2D eigenvalue weighted by atomic mass is 16.2. The first kappa shape index (κ1) is 18.4. The van der Waals surface area contributed by atoms with E-state index in [4.69, 9.17) is 0 Å². The molecule has 5 nitrogen and oxygen atoms in total. The minimum absolute atomic E-state index is 0.0619. The first-order chi connectivity index (χ1) is 12.9. The summed E-state index contributed by atoms with van der Waals surface area (Å²) in [5.74, 6) is -1.36. The predicted molar refractivity (Wildman–Crippen MR) is 107 cm³/mol. The number of benzene rings is 2. The fourth-order valence-corrected chi connectivity index (χ4v) is 3.15. The Labute approximate surface area is 157 Å². The third kappa shape index (κ3) is 3.90. The van der Waals surface area contributed by atoms with Gasteiger partial charge in [-0.15, -0.1) is 0 Å². The van der Waals surface area contributed by atoms with Gasteiger partial charge in [0.25, 0.3) is 5.56 Å². The van der Waals surface area contributed by atoms with Crippen molar-refractivity contribution in [2.24, 2.45) is 5.92 Å². The van der Waals surface area contributed by atoms with Crippen molar-refractivity contribution in [3.8, 4) is 6.07 Å². The Morgan fingerprint density at radius 2 is 1.85 bits per heavy atom. The first-order valence-electron chi connectivity index (χ1n) is 8.78. The number of nitriles is 1. The number of hydrogen-bond acceptors (Lipinski definition) is 3. The van der Waals surface area contributed by atoms with Crippen molar-refractivity contribution in [1.29, 1.82) is 5.26 Å². The minimum atomic E-state index is -0.951. The molecule has 0 aliphatic heterocycles. The third-order valence-electron chi connectivity index (χ3n) is 4.70. The second-order valence-corrected chi connectivity index (χ2v) is 6.86. The molecule has 2 aromatic carbocycles. The molecule has 0 saturated heterocycles. The summed E-state index contributed by atoms with van der Waals surface area (Å²) in [7, 11) is 0. The van der Waals surface area contributed by atoms with Gasteiger partial charge in [0.15, 0.2) is 0 Å². The molecule has 3 rings (SSSR count). The Morgan fingerprint density at radius 1 is 1.15 bits per heavy atom. The number of rotatable bonds is 4. The number of anilines is 1. The van der Waals surface area contributed by atoms with E-state index in [1.54, 1.807) is 6.07 Å². The van der Waals surface area contributed by atoms with Gasteiger partial charge in [-0.1, -0.05) is 30.3 Å². The Balaban J connectivity index is 1.87. The van der Waals surface area contributed by atoms with Crippen LogP contribution in [0.1, 0.15) is 22.3 Å². The van der Waals surface area contributed by atoms with Gasteiger partial charge < -0.3 is 10.3 Å².